The van der Waals surface area contributed by atoms with E-state index in [1.165, 1.54) is 11.1 Å². The number of nitrogens with one attached hydrogen (secondary N) is 3. The van der Waals surface area contributed by atoms with E-state index >= 15 is 0 Å². The Kier molecular flexibility index (Phi) is 7.83. The van der Waals surface area contributed by atoms with E-state index in [1.54, 1.807) is 7.05 Å². The van der Waals surface area contributed by atoms with Crippen LogP contribution >= 0.6 is 12.2 Å². The summed E-state index contributed by atoms with van der Waals surface area (Å²) in [4.78, 5) is 26.2. The van der Waals surface area contributed by atoms with Crippen LogP contribution in [-0.4, -0.2) is 48.5 Å². The van der Waals surface area contributed by atoms with Crippen LogP contribution in [0, 0.1) is 5.92 Å². The van der Waals surface area contributed by atoms with Gasteiger partial charge < -0.3 is 25.4 Å². The lowest BCUT2D eigenvalue weighted by atomic mass is 9.82. The van der Waals surface area contributed by atoms with Crippen LogP contribution < -0.4 is 16.0 Å². The summed E-state index contributed by atoms with van der Waals surface area (Å²) in [6, 6.07) is 15.9. The van der Waals surface area contributed by atoms with Crippen LogP contribution in [0.4, 0.5) is 9.59 Å². The predicted octanol–water partition coefficient (Wildman–Crippen LogP) is 5.13. The average Bonchev–Trinajstić information content (AvgIpc) is 3.16. The molecule has 1 saturated carbocycles. The van der Waals surface area contributed by atoms with Crippen LogP contribution in [0.2, 0.25) is 0 Å². The molecule has 1 fully saturated rings. The van der Waals surface area contributed by atoms with E-state index < -0.39 is 17.8 Å². The highest BCUT2D eigenvalue weighted by Gasteiger charge is 2.36. The smallest absolute Gasteiger partial charge is 0.407 e. The maximum absolute atomic E-state index is 12.9. The van der Waals surface area contributed by atoms with Gasteiger partial charge in [0, 0.05) is 18.9 Å². The Morgan fingerprint density at radius 1 is 0.917 bits per heavy atom. The lowest BCUT2D eigenvalue weighted by Gasteiger charge is -2.37. The monoisotopic (exact) mass is 509 g/mol. The zero-order valence-corrected chi connectivity index (χ0v) is 22.1. The van der Waals surface area contributed by atoms with Crippen LogP contribution in [0.5, 0.6) is 0 Å². The van der Waals surface area contributed by atoms with E-state index in [2.05, 4.69) is 40.2 Å². The molecule has 4 rings (SSSR count). The van der Waals surface area contributed by atoms with Gasteiger partial charge >= 0.3 is 12.2 Å². The SMILES string of the molecule is CNC(=S)C1CCC(NC(=O)OCC2c3ccccc3-c3ccccc32)C(NC(=O)OC(C)(C)C)C1. The number of hydrogen-bond donors (Lipinski definition) is 3. The van der Waals surface area contributed by atoms with Gasteiger partial charge in [0.15, 0.2) is 0 Å². The molecule has 0 aliphatic heterocycles. The Bertz CT molecular complexity index is 1080. The number of amides is 2. The van der Waals surface area contributed by atoms with Gasteiger partial charge in [-0.05, 0) is 62.3 Å². The minimum Gasteiger partial charge on any atom is -0.449 e. The maximum Gasteiger partial charge on any atom is 0.407 e. The van der Waals surface area contributed by atoms with E-state index in [-0.39, 0.29) is 30.5 Å². The highest BCUT2D eigenvalue weighted by Crippen LogP contribution is 2.44. The second-order valence-corrected chi connectivity index (χ2v) is 10.9. The summed E-state index contributed by atoms with van der Waals surface area (Å²) in [6.07, 6.45) is 1.07. The van der Waals surface area contributed by atoms with Crippen LogP contribution in [0.3, 0.4) is 0 Å². The van der Waals surface area contributed by atoms with Crippen LogP contribution in [0.1, 0.15) is 57.1 Å². The van der Waals surface area contributed by atoms with Crippen LogP contribution in [0.25, 0.3) is 11.1 Å². The molecule has 192 valence electrons. The largest absolute Gasteiger partial charge is 0.449 e. The van der Waals surface area contributed by atoms with Crippen molar-refractivity contribution in [2.75, 3.05) is 13.7 Å². The first kappa shape index (κ1) is 25.9. The van der Waals surface area contributed by atoms with Gasteiger partial charge in [-0.2, -0.15) is 0 Å². The molecular weight excluding hydrogens is 474 g/mol. The molecule has 0 radical (unpaired) electrons. The van der Waals surface area contributed by atoms with Crippen LogP contribution in [0.15, 0.2) is 48.5 Å². The number of ether oxygens (including phenoxy) is 2. The van der Waals surface area contributed by atoms with Gasteiger partial charge in [-0.1, -0.05) is 60.7 Å². The van der Waals surface area contributed by atoms with E-state index in [0.717, 1.165) is 22.5 Å². The molecule has 7 nitrogen and oxygen atoms in total. The van der Waals surface area contributed by atoms with E-state index in [0.29, 0.717) is 12.8 Å². The Hall–Kier alpha value is -3.13. The van der Waals surface area contributed by atoms with Crippen LogP contribution in [-0.2, 0) is 9.47 Å². The van der Waals surface area contributed by atoms with Crippen molar-refractivity contribution in [3.8, 4) is 11.1 Å². The zero-order chi connectivity index (χ0) is 25.9. The number of fused-ring (bicyclic) bond motifs is 3. The molecule has 2 aromatic carbocycles. The quantitative estimate of drug-likeness (QED) is 0.484. The van der Waals surface area contributed by atoms with Crippen molar-refractivity contribution < 1.29 is 19.1 Å². The first-order chi connectivity index (χ1) is 17.2. The highest BCUT2D eigenvalue weighted by atomic mass is 32.1. The number of alkyl carbamates (subject to hydrolysis) is 2. The molecule has 0 bridgehead atoms. The Labute approximate surface area is 218 Å². The summed E-state index contributed by atoms with van der Waals surface area (Å²) < 4.78 is 11.2. The molecule has 3 N–H and O–H groups in total. The number of benzene rings is 2. The molecule has 3 atom stereocenters. The van der Waals surface area contributed by atoms with Crippen molar-refractivity contribution in [1.29, 1.82) is 0 Å². The van der Waals surface area contributed by atoms with E-state index in [1.807, 2.05) is 45.0 Å². The third-order valence-electron chi connectivity index (χ3n) is 6.82. The summed E-state index contributed by atoms with van der Waals surface area (Å²) in [5.74, 6) is 0.105. The van der Waals surface area contributed by atoms with Crippen molar-refractivity contribution in [1.82, 2.24) is 16.0 Å². The molecular formula is C28H35N3O4S. The fraction of sp³-hybridized carbons (Fsp3) is 0.464. The second kappa shape index (κ2) is 10.9. The molecule has 0 aromatic heterocycles. The van der Waals surface area contributed by atoms with Gasteiger partial charge in [-0.25, -0.2) is 9.59 Å². The van der Waals surface area contributed by atoms with Gasteiger partial charge in [0.1, 0.15) is 12.2 Å². The van der Waals surface area contributed by atoms with Crippen molar-refractivity contribution in [3.05, 3.63) is 59.7 Å². The Morgan fingerprint density at radius 2 is 1.50 bits per heavy atom. The Morgan fingerprint density at radius 3 is 2.08 bits per heavy atom. The number of hydrogen-bond acceptors (Lipinski definition) is 5. The summed E-state index contributed by atoms with van der Waals surface area (Å²) in [6.45, 7) is 5.69. The minimum atomic E-state index is -0.617. The number of carbonyl (C=O) groups is 2. The summed E-state index contributed by atoms with van der Waals surface area (Å²) in [5, 5.41) is 8.98. The molecule has 36 heavy (non-hydrogen) atoms. The molecule has 3 unspecified atom stereocenters. The van der Waals surface area contributed by atoms with Gasteiger partial charge in [0.05, 0.1) is 17.1 Å². The molecule has 0 spiro atoms. The first-order valence-corrected chi connectivity index (χ1v) is 12.9. The van der Waals surface area contributed by atoms with Crippen molar-refractivity contribution >= 4 is 29.4 Å². The van der Waals surface area contributed by atoms with Gasteiger partial charge in [0.2, 0.25) is 0 Å². The van der Waals surface area contributed by atoms with Crippen molar-refractivity contribution in [3.63, 3.8) is 0 Å². The first-order valence-electron chi connectivity index (χ1n) is 12.5. The second-order valence-electron chi connectivity index (χ2n) is 10.5. The van der Waals surface area contributed by atoms with Gasteiger partial charge in [-0.15, -0.1) is 0 Å². The zero-order valence-electron chi connectivity index (χ0n) is 21.3. The number of carbonyl (C=O) groups excluding carboxylic acids is 2. The molecule has 0 saturated heterocycles. The maximum atomic E-state index is 12.9. The van der Waals surface area contributed by atoms with E-state index in [9.17, 15) is 9.59 Å². The molecule has 2 amide bonds. The number of rotatable bonds is 5. The molecule has 2 aromatic rings. The van der Waals surface area contributed by atoms with Gasteiger partial charge in [0.25, 0.3) is 0 Å². The number of thiocarbonyl (C=S) groups is 1. The lowest BCUT2D eigenvalue weighted by Crippen LogP contribution is -2.56. The topological polar surface area (TPSA) is 88.7 Å². The molecule has 2 aliphatic carbocycles. The standard InChI is InChI=1S/C28H35N3O4S/c1-28(2,3)35-27(33)31-24-15-17(25(36)29-4)13-14-23(24)30-26(32)34-16-22-20-11-7-5-9-18(20)19-10-6-8-12-21(19)22/h5-12,17,22-24H,13-16H2,1-4H3,(H,29,36)(H,30,32)(H,31,33). The Balaban J connectivity index is 1.41. The summed E-state index contributed by atoms with van der Waals surface area (Å²) in [5.41, 5.74) is 4.08. The minimum absolute atomic E-state index is 0.0115. The average molecular weight is 510 g/mol. The molecule has 0 heterocycles. The fourth-order valence-corrected chi connectivity index (χ4v) is 5.41. The lowest BCUT2D eigenvalue weighted by molar-refractivity contribution is 0.0470. The fourth-order valence-electron chi connectivity index (χ4n) is 5.20. The normalized spacial score (nSPS) is 21.1. The van der Waals surface area contributed by atoms with Crippen molar-refractivity contribution in [2.45, 2.75) is 63.6 Å². The van der Waals surface area contributed by atoms with Gasteiger partial charge in [-0.3, -0.25) is 0 Å². The summed E-state index contributed by atoms with van der Waals surface area (Å²) >= 11 is 5.46. The predicted molar refractivity (Wildman–Crippen MR) is 144 cm³/mol. The molecule has 8 heteroatoms. The van der Waals surface area contributed by atoms with E-state index in [4.69, 9.17) is 21.7 Å². The third kappa shape index (κ3) is 5.98. The molecule has 2 aliphatic rings. The van der Waals surface area contributed by atoms with Crippen molar-refractivity contribution in [2.24, 2.45) is 5.92 Å². The summed E-state index contributed by atoms with van der Waals surface area (Å²) in [7, 11) is 1.81. The third-order valence-corrected chi connectivity index (χ3v) is 7.35. The highest BCUT2D eigenvalue weighted by molar-refractivity contribution is 7.80.